The van der Waals surface area contributed by atoms with Crippen molar-refractivity contribution in [3.63, 3.8) is 0 Å². The van der Waals surface area contributed by atoms with Gasteiger partial charge in [0.05, 0.1) is 11.2 Å². The molecule has 0 bridgehead atoms. The zero-order valence-corrected chi connectivity index (χ0v) is 10.9. The molecule has 2 heterocycles. The maximum atomic E-state index is 11.7. The van der Waals surface area contributed by atoms with Crippen molar-refractivity contribution in [2.75, 3.05) is 0 Å². The fraction of sp³-hybridized carbons (Fsp3) is 0.125. The number of benzene rings is 1. The lowest BCUT2D eigenvalue weighted by Crippen LogP contribution is -2.14. The Kier molecular flexibility index (Phi) is 2.67. The number of fused-ring (bicyclic) bond motifs is 1. The second-order valence-corrected chi connectivity index (χ2v) is 4.72. The molecule has 3 rings (SSSR count). The zero-order chi connectivity index (χ0) is 13.4. The lowest BCUT2D eigenvalue weighted by molar-refractivity contribution is 0.906. The molecule has 19 heavy (non-hydrogen) atoms. The highest BCUT2D eigenvalue weighted by molar-refractivity contribution is 5.83. The summed E-state index contributed by atoms with van der Waals surface area (Å²) in [5, 5.41) is 1.05. The van der Waals surface area contributed by atoms with Crippen molar-refractivity contribution in [3.05, 3.63) is 64.6 Å². The molecular weight excluding hydrogens is 236 g/mol. The van der Waals surface area contributed by atoms with Gasteiger partial charge in [-0.2, -0.15) is 0 Å². The molecule has 1 aromatic carbocycles. The fourth-order valence-electron chi connectivity index (χ4n) is 2.22. The van der Waals surface area contributed by atoms with E-state index in [1.54, 1.807) is 23.9 Å². The number of hydrogen-bond acceptors (Lipinski definition) is 2. The standard InChI is InChI=1S/C16H14N2O/c1-11-7-8-17-14(9-11)13-4-3-12-5-6-16(19)18(2)15(12)10-13/h3-10H,1-2H3. The first kappa shape index (κ1) is 11.7. The van der Waals surface area contributed by atoms with Gasteiger partial charge < -0.3 is 4.57 Å². The minimum Gasteiger partial charge on any atom is -0.311 e. The summed E-state index contributed by atoms with van der Waals surface area (Å²) in [6.45, 7) is 2.04. The average Bonchev–Trinajstić information content (AvgIpc) is 2.43. The van der Waals surface area contributed by atoms with Crippen molar-refractivity contribution >= 4 is 10.9 Å². The van der Waals surface area contributed by atoms with Crippen LogP contribution in [0, 0.1) is 6.92 Å². The van der Waals surface area contributed by atoms with Gasteiger partial charge in [-0.15, -0.1) is 0 Å². The van der Waals surface area contributed by atoms with Gasteiger partial charge in [0.15, 0.2) is 0 Å². The van der Waals surface area contributed by atoms with E-state index in [2.05, 4.69) is 4.98 Å². The van der Waals surface area contributed by atoms with Crippen molar-refractivity contribution in [1.82, 2.24) is 9.55 Å². The highest BCUT2D eigenvalue weighted by Gasteiger charge is 2.04. The van der Waals surface area contributed by atoms with Crippen molar-refractivity contribution < 1.29 is 0 Å². The average molecular weight is 250 g/mol. The largest absolute Gasteiger partial charge is 0.311 e. The monoisotopic (exact) mass is 250 g/mol. The maximum Gasteiger partial charge on any atom is 0.250 e. The summed E-state index contributed by atoms with van der Waals surface area (Å²) in [6.07, 6.45) is 1.80. The second-order valence-electron chi connectivity index (χ2n) is 4.72. The number of aryl methyl sites for hydroxylation is 2. The van der Waals surface area contributed by atoms with Gasteiger partial charge in [0, 0.05) is 24.9 Å². The molecule has 0 aliphatic rings. The number of hydrogen-bond donors (Lipinski definition) is 0. The molecule has 0 aliphatic carbocycles. The van der Waals surface area contributed by atoms with Gasteiger partial charge in [0.1, 0.15) is 0 Å². The molecule has 0 amide bonds. The van der Waals surface area contributed by atoms with Crippen molar-refractivity contribution in [2.45, 2.75) is 6.92 Å². The van der Waals surface area contributed by atoms with E-state index in [1.165, 1.54) is 5.56 Å². The van der Waals surface area contributed by atoms with E-state index in [9.17, 15) is 4.79 Å². The Hall–Kier alpha value is -2.42. The van der Waals surface area contributed by atoms with Crippen LogP contribution in [0.1, 0.15) is 5.56 Å². The summed E-state index contributed by atoms with van der Waals surface area (Å²) in [6, 6.07) is 13.5. The first-order valence-electron chi connectivity index (χ1n) is 6.18. The van der Waals surface area contributed by atoms with E-state index in [4.69, 9.17) is 0 Å². The van der Waals surface area contributed by atoms with Gasteiger partial charge >= 0.3 is 0 Å². The third-order valence-corrected chi connectivity index (χ3v) is 3.34. The first-order chi connectivity index (χ1) is 9.15. The topological polar surface area (TPSA) is 34.9 Å². The summed E-state index contributed by atoms with van der Waals surface area (Å²) < 4.78 is 1.66. The van der Waals surface area contributed by atoms with Crippen molar-refractivity contribution in [3.8, 4) is 11.3 Å². The zero-order valence-electron chi connectivity index (χ0n) is 10.9. The normalized spacial score (nSPS) is 10.8. The lowest BCUT2D eigenvalue weighted by atomic mass is 10.1. The molecule has 0 fully saturated rings. The third-order valence-electron chi connectivity index (χ3n) is 3.34. The number of aromatic nitrogens is 2. The number of nitrogens with zero attached hydrogens (tertiary/aromatic N) is 2. The Bertz CT molecular complexity index is 818. The van der Waals surface area contributed by atoms with Crippen LogP contribution in [0.5, 0.6) is 0 Å². The molecular formula is C16H14N2O. The van der Waals surface area contributed by atoms with Crippen LogP contribution < -0.4 is 5.56 Å². The van der Waals surface area contributed by atoms with Crippen LogP contribution in [0.15, 0.2) is 53.5 Å². The molecule has 0 saturated heterocycles. The van der Waals surface area contributed by atoms with E-state index in [0.29, 0.717) is 0 Å². The van der Waals surface area contributed by atoms with Crippen LogP contribution in [0.3, 0.4) is 0 Å². The lowest BCUT2D eigenvalue weighted by Gasteiger charge is -2.07. The molecule has 3 aromatic rings. The Balaban J connectivity index is 2.27. The molecule has 0 spiro atoms. The van der Waals surface area contributed by atoms with E-state index >= 15 is 0 Å². The van der Waals surface area contributed by atoms with Crippen LogP contribution in [0.25, 0.3) is 22.2 Å². The van der Waals surface area contributed by atoms with Gasteiger partial charge in [0.25, 0.3) is 5.56 Å². The van der Waals surface area contributed by atoms with Crippen LogP contribution in [0.4, 0.5) is 0 Å². The molecule has 0 aliphatic heterocycles. The Morgan fingerprint density at radius 1 is 1.05 bits per heavy atom. The van der Waals surface area contributed by atoms with E-state index in [-0.39, 0.29) is 5.56 Å². The van der Waals surface area contributed by atoms with E-state index in [1.807, 2.05) is 43.3 Å². The Morgan fingerprint density at radius 2 is 1.84 bits per heavy atom. The van der Waals surface area contributed by atoms with Gasteiger partial charge in [-0.05, 0) is 42.1 Å². The quantitative estimate of drug-likeness (QED) is 0.665. The SMILES string of the molecule is Cc1ccnc(-c2ccc3ccc(=O)n(C)c3c2)c1. The van der Waals surface area contributed by atoms with Crippen LogP contribution in [-0.2, 0) is 7.05 Å². The molecule has 3 heteroatoms. The van der Waals surface area contributed by atoms with Gasteiger partial charge in [0.2, 0.25) is 0 Å². The summed E-state index contributed by atoms with van der Waals surface area (Å²) >= 11 is 0. The highest BCUT2D eigenvalue weighted by atomic mass is 16.1. The molecule has 3 nitrogen and oxygen atoms in total. The number of rotatable bonds is 1. The smallest absolute Gasteiger partial charge is 0.250 e. The molecule has 94 valence electrons. The number of pyridine rings is 2. The van der Waals surface area contributed by atoms with E-state index < -0.39 is 0 Å². The van der Waals surface area contributed by atoms with E-state index in [0.717, 1.165) is 22.2 Å². The molecule has 0 radical (unpaired) electrons. The predicted octanol–water partition coefficient (Wildman–Crippen LogP) is 2.91. The van der Waals surface area contributed by atoms with Crippen LogP contribution >= 0.6 is 0 Å². The highest BCUT2D eigenvalue weighted by Crippen LogP contribution is 2.22. The minimum absolute atomic E-state index is 0.00171. The fourth-order valence-corrected chi connectivity index (χ4v) is 2.22. The van der Waals surface area contributed by atoms with Gasteiger partial charge in [-0.1, -0.05) is 12.1 Å². The van der Waals surface area contributed by atoms with Crippen molar-refractivity contribution in [2.24, 2.45) is 7.05 Å². The third kappa shape index (κ3) is 2.03. The Labute approximate surface area is 111 Å². The maximum absolute atomic E-state index is 11.7. The molecule has 2 aromatic heterocycles. The second kappa shape index (κ2) is 4.35. The molecule has 0 atom stereocenters. The van der Waals surface area contributed by atoms with Gasteiger partial charge in [-0.25, -0.2) is 0 Å². The summed E-state index contributed by atoms with van der Waals surface area (Å²) in [5.41, 5.74) is 4.05. The molecule has 0 saturated carbocycles. The predicted molar refractivity (Wildman–Crippen MR) is 77.2 cm³/mol. The van der Waals surface area contributed by atoms with Crippen LogP contribution in [-0.4, -0.2) is 9.55 Å². The summed E-state index contributed by atoms with van der Waals surface area (Å²) in [7, 11) is 1.79. The van der Waals surface area contributed by atoms with Crippen LogP contribution in [0.2, 0.25) is 0 Å². The summed E-state index contributed by atoms with van der Waals surface area (Å²) in [4.78, 5) is 16.1. The minimum atomic E-state index is 0.00171. The van der Waals surface area contributed by atoms with Gasteiger partial charge in [-0.3, -0.25) is 9.78 Å². The van der Waals surface area contributed by atoms with Crippen molar-refractivity contribution in [1.29, 1.82) is 0 Å². The molecule has 0 N–H and O–H groups in total. The molecule has 0 unspecified atom stereocenters. The Morgan fingerprint density at radius 3 is 2.63 bits per heavy atom. The summed E-state index contributed by atoms with van der Waals surface area (Å²) in [5.74, 6) is 0. The first-order valence-corrected chi connectivity index (χ1v) is 6.18.